The zero-order valence-electron chi connectivity index (χ0n) is 77.3. The Hall–Kier alpha value is -6.26. The Bertz CT molecular complexity index is 3510. The van der Waals surface area contributed by atoms with Gasteiger partial charge in [-0.25, -0.2) is 19.9 Å². The summed E-state index contributed by atoms with van der Waals surface area (Å²) in [4.78, 5) is 29.4. The molecule has 7 aliphatic rings. The molecule has 2 aliphatic carbocycles. The highest BCUT2D eigenvalue weighted by atomic mass is 16.5. The summed E-state index contributed by atoms with van der Waals surface area (Å²) >= 11 is 0. The number of hydrogen-bond acceptors (Lipinski definition) is 11. The number of aromatic nitrogens is 4. The second-order valence-electron chi connectivity index (χ2n) is 41.1. The van der Waals surface area contributed by atoms with Gasteiger partial charge in [0.05, 0.1) is 6.61 Å². The van der Waals surface area contributed by atoms with Crippen molar-refractivity contribution in [3.63, 3.8) is 0 Å². The molecule has 0 amide bonds. The van der Waals surface area contributed by atoms with Crippen LogP contribution in [0.1, 0.15) is 316 Å². The minimum atomic E-state index is 0.0707. The van der Waals surface area contributed by atoms with Crippen molar-refractivity contribution in [3.8, 4) is 41.3 Å². The van der Waals surface area contributed by atoms with E-state index in [0.717, 1.165) is 29.5 Å². The highest BCUT2D eigenvalue weighted by Crippen LogP contribution is 2.34. The number of piperidine rings is 5. The summed E-state index contributed by atoms with van der Waals surface area (Å²) in [5.41, 5.74) is 9.62. The molecule has 0 radical (unpaired) electrons. The van der Waals surface area contributed by atoms with Gasteiger partial charge in [0.15, 0.2) is 0 Å². The number of hydrogen-bond donors (Lipinski definition) is 0. The molecule has 5 aliphatic heterocycles. The van der Waals surface area contributed by atoms with Crippen molar-refractivity contribution in [2.75, 3.05) is 102 Å². The van der Waals surface area contributed by atoms with E-state index >= 15 is 0 Å². The molecule has 0 N–H and O–H groups in total. The Labute approximate surface area is 694 Å². The molecule has 5 saturated heterocycles. The van der Waals surface area contributed by atoms with Crippen molar-refractivity contribution in [2.45, 2.75) is 328 Å². The van der Waals surface area contributed by atoms with E-state index in [1.807, 2.05) is 37.5 Å². The predicted octanol–water partition coefficient (Wildman–Crippen LogP) is 23.8. The molecule has 0 spiro atoms. The number of anilines is 2. The highest BCUT2D eigenvalue weighted by Gasteiger charge is 2.32. The third-order valence-electron chi connectivity index (χ3n) is 21.8. The van der Waals surface area contributed by atoms with Crippen molar-refractivity contribution < 1.29 is 9.47 Å². The van der Waals surface area contributed by atoms with E-state index in [1.54, 1.807) is 19.5 Å². The van der Waals surface area contributed by atoms with Crippen LogP contribution in [0.5, 0.6) is 5.75 Å². The summed E-state index contributed by atoms with van der Waals surface area (Å²) < 4.78 is 10.4. The summed E-state index contributed by atoms with van der Waals surface area (Å²) in [6.07, 6.45) is 30.4. The fourth-order valence-electron chi connectivity index (χ4n) is 13.8. The smallest absolute Gasteiger partial charge is 0.133 e. The first-order chi connectivity index (χ1) is 52.9. The van der Waals surface area contributed by atoms with Gasteiger partial charge in [0.1, 0.15) is 24.0 Å². The van der Waals surface area contributed by atoms with Crippen LogP contribution in [0.2, 0.25) is 0 Å². The van der Waals surface area contributed by atoms with Gasteiger partial charge in [-0.2, -0.15) is 0 Å². The van der Waals surface area contributed by atoms with Crippen molar-refractivity contribution in [1.29, 1.82) is 0 Å². The molecule has 0 unspecified atom stereocenters. The van der Waals surface area contributed by atoms with E-state index in [9.17, 15) is 0 Å². The molecule has 12 rings (SSSR count). The Morgan fingerprint density at radius 1 is 0.363 bits per heavy atom. The van der Waals surface area contributed by atoms with Crippen LogP contribution >= 0.6 is 0 Å². The van der Waals surface area contributed by atoms with Gasteiger partial charge >= 0.3 is 0 Å². The third kappa shape index (κ3) is 40.4. The first-order valence-corrected chi connectivity index (χ1v) is 44.2. The van der Waals surface area contributed by atoms with Gasteiger partial charge in [-0.15, -0.1) is 0 Å². The van der Waals surface area contributed by atoms with Crippen molar-refractivity contribution in [3.05, 3.63) is 138 Å². The first kappa shape index (κ1) is 97.3. The van der Waals surface area contributed by atoms with Crippen LogP contribution in [0.15, 0.2) is 104 Å². The van der Waals surface area contributed by atoms with Gasteiger partial charge in [0.25, 0.3) is 0 Å². The van der Waals surface area contributed by atoms with Crippen LogP contribution in [0, 0.1) is 76.4 Å². The van der Waals surface area contributed by atoms with E-state index in [4.69, 9.17) is 9.47 Å². The number of likely N-dealkylation sites (tertiary alicyclic amines) is 3. The number of benzene rings is 3. The number of rotatable bonds is 9. The molecule has 3 aromatic carbocycles. The second kappa shape index (κ2) is 46.6. The Balaban J connectivity index is 0.000000232. The second-order valence-corrected chi connectivity index (χ2v) is 41.1. The van der Waals surface area contributed by atoms with Crippen LogP contribution in [0.4, 0.5) is 11.4 Å². The van der Waals surface area contributed by atoms with E-state index in [-0.39, 0.29) is 43.3 Å². The largest absolute Gasteiger partial charge is 0.491 e. The van der Waals surface area contributed by atoms with Gasteiger partial charge in [0.2, 0.25) is 0 Å². The molecule has 628 valence electrons. The maximum atomic E-state index is 5.49. The normalized spacial score (nSPS) is 17.9. The van der Waals surface area contributed by atoms with Crippen LogP contribution in [-0.4, -0.2) is 139 Å². The molecule has 113 heavy (non-hydrogen) atoms. The third-order valence-corrected chi connectivity index (χ3v) is 21.8. The minimum absolute atomic E-state index is 0.0707. The number of aryl methyl sites for hydroxylation is 1. The molecule has 11 nitrogen and oxygen atoms in total. The summed E-state index contributed by atoms with van der Waals surface area (Å²) in [5, 5.41) is 0. The van der Waals surface area contributed by atoms with Crippen LogP contribution in [-0.2, 0) is 31.8 Å². The minimum Gasteiger partial charge on any atom is -0.491 e. The lowest BCUT2D eigenvalue weighted by molar-refractivity contribution is 0.0945. The lowest BCUT2D eigenvalue weighted by Gasteiger charge is -2.41. The lowest BCUT2D eigenvalue weighted by Crippen LogP contribution is -2.44. The van der Waals surface area contributed by atoms with Crippen molar-refractivity contribution >= 4 is 11.4 Å². The van der Waals surface area contributed by atoms with Crippen LogP contribution in [0.25, 0.3) is 0 Å². The van der Waals surface area contributed by atoms with Gasteiger partial charge in [-0.3, -0.25) is 0 Å². The molecule has 5 aromatic rings. The van der Waals surface area contributed by atoms with Gasteiger partial charge < -0.3 is 34.0 Å². The lowest BCUT2D eigenvalue weighted by atomic mass is 9.87. The van der Waals surface area contributed by atoms with E-state index < -0.39 is 0 Å². The van der Waals surface area contributed by atoms with Gasteiger partial charge in [-0.05, 0) is 304 Å². The standard InChI is InChI=1S/C15H25N.2C15H23N.C14H23N.C13H23N.C13H20O2.C9H14N2.C8H12N2/c1-15(2,3)10-7-13-8-11-16(12-9-13)14-5-4-6-14;2*1-15(2,3)13-7-9-14(10-8-13)16-11-5-4-6-12-16;1-14(2,3)9-6-12-7-10-15(11-8-12)13-4-5-13;1-5-14-10-7-12(8-11-14)6-9-13(2,3)4;1-13(2,3)11-5-7-12(8-6-11)15-10-9-14-4;1-7-10-5-8(6-11-7)9(2,3)4;1-8(2,3)7-9-5-4-6-10-7/h13-14H,4-6,8-9,11-12H2,1-3H3;2*7-10H,4-6,11-12H2,1-3H3;12-13H,4-5,7-8,10-11H2,1-3H3;12H,5,7-8,10-11H2,1-4H3;5-8H,9-10H2,1-4H3;5-6H,1-4H3;4-6H,1-3H3. The molecule has 7 heterocycles. The van der Waals surface area contributed by atoms with Crippen molar-refractivity contribution in [1.82, 2.24) is 34.6 Å². The molecule has 0 atom stereocenters. The van der Waals surface area contributed by atoms with E-state index in [1.165, 1.54) is 215 Å². The molecule has 2 aromatic heterocycles. The monoisotopic (exact) mass is 1550 g/mol. The molecule has 0 bridgehead atoms. The summed E-state index contributed by atoms with van der Waals surface area (Å²) in [5.74, 6) is 25.1. The summed E-state index contributed by atoms with van der Waals surface area (Å²) in [6.45, 7) is 71.8. The van der Waals surface area contributed by atoms with Crippen LogP contribution < -0.4 is 14.5 Å². The fraction of sp³-hybridized carbons (Fsp3) is 0.686. The Kier molecular flexibility index (Phi) is 40.2. The molecular weight excluding hydrogens is 1380 g/mol. The maximum absolute atomic E-state index is 5.49. The fourth-order valence-corrected chi connectivity index (χ4v) is 13.8. The molecular formula is C102H163N9O2. The molecule has 7 fully saturated rings. The first-order valence-electron chi connectivity index (χ1n) is 44.2. The zero-order chi connectivity index (χ0) is 83.7. The summed E-state index contributed by atoms with van der Waals surface area (Å²) in [7, 11) is 1.67. The van der Waals surface area contributed by atoms with Crippen molar-refractivity contribution in [2.24, 2.45) is 34.0 Å². The van der Waals surface area contributed by atoms with E-state index in [0.29, 0.717) is 31.0 Å². The molecule has 11 heteroatoms. The summed E-state index contributed by atoms with van der Waals surface area (Å²) in [6, 6.07) is 30.2. The maximum Gasteiger partial charge on any atom is 0.133 e. The Morgan fingerprint density at radius 2 is 0.699 bits per heavy atom. The topological polar surface area (TPSA) is 86.2 Å². The average Bonchev–Trinajstić information content (AvgIpc) is 1.62. The number of methoxy groups -OCH3 is 1. The van der Waals surface area contributed by atoms with Gasteiger partial charge in [0, 0.05) is 121 Å². The zero-order valence-corrected chi connectivity index (χ0v) is 77.3. The average molecular weight is 1550 g/mol. The quantitative estimate of drug-likeness (QED) is 0.104. The van der Waals surface area contributed by atoms with Crippen LogP contribution in [0.3, 0.4) is 0 Å². The Morgan fingerprint density at radius 3 is 0.982 bits per heavy atom. The SMILES string of the molecule is CC(C)(C)C#CC1CCN(C2CC2)CC1.CC(C)(C)C#CC1CCN(C2CCC2)CC1.CC(C)(C)c1ccc(N2CCCCC2)cc1.CC(C)(C)c1ccc(N2CCCCC2)cc1.CC(C)(C)c1ncccn1.CCN1CCC(C#CC(C)(C)C)CC1.COCCOc1ccc(C(C)(C)C)cc1.Cc1ncc(C(C)(C)C)cn1. The number of nitrogens with zero attached hydrogens (tertiary/aromatic N) is 9. The molecule has 2 saturated carbocycles. The highest BCUT2D eigenvalue weighted by molar-refractivity contribution is 5.50. The number of ether oxygens (including phenoxy) is 2. The van der Waals surface area contributed by atoms with Gasteiger partial charge in [-0.1, -0.05) is 189 Å². The van der Waals surface area contributed by atoms with E-state index in [2.05, 4.69) is 314 Å². The predicted molar refractivity (Wildman–Crippen MR) is 487 cm³/mol.